The normalized spacial score (nSPS) is 20.5. The maximum atomic E-state index is 14.5. The predicted molar refractivity (Wildman–Crippen MR) is 84.0 cm³/mol. The number of nitrogens with one attached hydrogen (secondary N) is 1. The number of rotatable bonds is 2. The highest BCUT2D eigenvalue weighted by Crippen LogP contribution is 2.38. The molecule has 1 aliphatic heterocycles. The molecule has 1 atom stereocenters. The number of hydrogen-bond acceptors (Lipinski definition) is 4. The number of aromatic nitrogens is 2. The van der Waals surface area contributed by atoms with Gasteiger partial charge in [0.25, 0.3) is 5.91 Å². The van der Waals surface area contributed by atoms with Crippen LogP contribution in [0.25, 0.3) is 0 Å². The number of nitrogens with zero attached hydrogens (tertiary/aromatic N) is 2. The van der Waals surface area contributed by atoms with Gasteiger partial charge in [-0.25, -0.2) is 14.4 Å². The first kappa shape index (κ1) is 15.2. The zero-order valence-corrected chi connectivity index (χ0v) is 13.6. The number of thioether (sulfide) groups is 1. The van der Waals surface area contributed by atoms with Gasteiger partial charge in [0.1, 0.15) is 5.82 Å². The van der Waals surface area contributed by atoms with Crippen LogP contribution in [0.2, 0.25) is 5.02 Å². The van der Waals surface area contributed by atoms with Crippen LogP contribution in [0.3, 0.4) is 0 Å². The summed E-state index contributed by atoms with van der Waals surface area (Å²) in [7, 11) is 0. The Morgan fingerprint density at radius 2 is 2.23 bits per heavy atom. The second-order valence-corrected chi connectivity index (χ2v) is 6.42. The van der Waals surface area contributed by atoms with E-state index in [1.807, 2.05) is 13.2 Å². The van der Waals surface area contributed by atoms with Gasteiger partial charge in [0.05, 0.1) is 21.7 Å². The van der Waals surface area contributed by atoms with Gasteiger partial charge in [-0.2, -0.15) is 0 Å². The molecule has 1 amide bonds. The van der Waals surface area contributed by atoms with Gasteiger partial charge >= 0.3 is 0 Å². The van der Waals surface area contributed by atoms with E-state index in [0.717, 1.165) is 0 Å². The van der Waals surface area contributed by atoms with Gasteiger partial charge in [-0.05, 0) is 19.2 Å². The standard InChI is InChI=1S/C15H13ClFN3OS/c1-15(9-4-3-5-10(16)11(9)17)7-19-13(21)8-6-18-14(22-2)20-12(8)15/h3-6H,7H2,1-2H3,(H,19,21). The number of hydrogen-bond donors (Lipinski definition) is 1. The minimum Gasteiger partial charge on any atom is -0.351 e. The average molecular weight is 338 g/mol. The summed E-state index contributed by atoms with van der Waals surface area (Å²) in [6.07, 6.45) is 3.34. The topological polar surface area (TPSA) is 54.9 Å². The third kappa shape index (κ3) is 2.27. The zero-order valence-electron chi connectivity index (χ0n) is 12.0. The lowest BCUT2D eigenvalue weighted by Gasteiger charge is -2.35. The van der Waals surface area contributed by atoms with Crippen LogP contribution in [-0.4, -0.2) is 28.7 Å². The zero-order chi connectivity index (χ0) is 15.9. The number of carbonyl (C=O) groups is 1. The lowest BCUT2D eigenvalue weighted by atomic mass is 9.75. The number of fused-ring (bicyclic) bond motifs is 1. The van der Waals surface area contributed by atoms with Crippen molar-refractivity contribution in [2.24, 2.45) is 0 Å². The molecule has 2 aromatic rings. The quantitative estimate of drug-likeness (QED) is 0.676. The molecule has 4 nitrogen and oxygen atoms in total. The van der Waals surface area contributed by atoms with E-state index in [0.29, 0.717) is 22.0 Å². The summed E-state index contributed by atoms with van der Waals surface area (Å²) in [6, 6.07) is 4.86. The van der Waals surface area contributed by atoms with Crippen molar-refractivity contribution in [2.45, 2.75) is 17.5 Å². The summed E-state index contributed by atoms with van der Waals surface area (Å²) in [5, 5.41) is 3.37. The Morgan fingerprint density at radius 1 is 1.45 bits per heavy atom. The molecule has 0 saturated heterocycles. The van der Waals surface area contributed by atoms with E-state index in [-0.39, 0.29) is 17.5 Å². The first-order valence-electron chi connectivity index (χ1n) is 6.61. The summed E-state index contributed by atoms with van der Waals surface area (Å²) >= 11 is 7.28. The van der Waals surface area contributed by atoms with Crippen molar-refractivity contribution in [3.63, 3.8) is 0 Å². The molecule has 1 unspecified atom stereocenters. The molecule has 3 rings (SSSR count). The third-order valence-electron chi connectivity index (χ3n) is 3.87. The highest BCUT2D eigenvalue weighted by atomic mass is 35.5. The highest BCUT2D eigenvalue weighted by Gasteiger charge is 2.41. The molecule has 1 aromatic heterocycles. The largest absolute Gasteiger partial charge is 0.351 e. The molecule has 22 heavy (non-hydrogen) atoms. The van der Waals surface area contributed by atoms with E-state index in [2.05, 4.69) is 15.3 Å². The van der Waals surface area contributed by atoms with Gasteiger partial charge in [0.15, 0.2) is 5.16 Å². The van der Waals surface area contributed by atoms with Crippen LogP contribution in [-0.2, 0) is 5.41 Å². The number of carbonyl (C=O) groups excluding carboxylic acids is 1. The van der Waals surface area contributed by atoms with Crippen molar-refractivity contribution in [1.82, 2.24) is 15.3 Å². The van der Waals surface area contributed by atoms with Gasteiger partial charge < -0.3 is 5.32 Å². The summed E-state index contributed by atoms with van der Waals surface area (Å²) < 4.78 is 14.5. The van der Waals surface area contributed by atoms with Crippen LogP contribution in [0.5, 0.6) is 0 Å². The average Bonchev–Trinajstić information content (AvgIpc) is 2.53. The molecule has 1 aromatic carbocycles. The molecule has 0 bridgehead atoms. The molecule has 0 radical (unpaired) electrons. The van der Waals surface area contributed by atoms with Gasteiger partial charge in [-0.3, -0.25) is 4.79 Å². The fourth-order valence-electron chi connectivity index (χ4n) is 2.64. The monoisotopic (exact) mass is 337 g/mol. The lowest BCUT2D eigenvalue weighted by Crippen LogP contribution is -2.47. The van der Waals surface area contributed by atoms with Gasteiger partial charge in [-0.15, -0.1) is 0 Å². The smallest absolute Gasteiger partial charge is 0.254 e. The van der Waals surface area contributed by atoms with Crippen LogP contribution < -0.4 is 5.32 Å². The van der Waals surface area contributed by atoms with Crippen molar-refractivity contribution >= 4 is 29.3 Å². The Labute approximate surface area is 136 Å². The van der Waals surface area contributed by atoms with Crippen molar-refractivity contribution in [3.05, 3.63) is 52.1 Å². The van der Waals surface area contributed by atoms with Gasteiger partial charge in [0, 0.05) is 18.3 Å². The van der Waals surface area contributed by atoms with E-state index in [1.54, 1.807) is 12.1 Å². The number of halogens is 2. The summed E-state index contributed by atoms with van der Waals surface area (Å²) in [6.45, 7) is 2.10. The Balaban J connectivity index is 2.26. The Bertz CT molecular complexity index is 770. The van der Waals surface area contributed by atoms with Crippen LogP contribution in [0, 0.1) is 5.82 Å². The Hall–Kier alpha value is -1.66. The fourth-order valence-corrected chi connectivity index (χ4v) is 3.15. The van der Waals surface area contributed by atoms with Crippen molar-refractivity contribution in [2.75, 3.05) is 12.8 Å². The second kappa shape index (κ2) is 5.52. The number of benzene rings is 1. The van der Waals surface area contributed by atoms with Crippen LogP contribution in [0.1, 0.15) is 28.5 Å². The molecule has 7 heteroatoms. The van der Waals surface area contributed by atoms with E-state index < -0.39 is 11.2 Å². The maximum absolute atomic E-state index is 14.5. The molecule has 0 aliphatic carbocycles. The second-order valence-electron chi connectivity index (χ2n) is 5.24. The first-order chi connectivity index (χ1) is 10.5. The fraction of sp³-hybridized carbons (Fsp3) is 0.267. The highest BCUT2D eigenvalue weighted by molar-refractivity contribution is 7.98. The van der Waals surface area contributed by atoms with Gasteiger partial charge in [0.2, 0.25) is 0 Å². The van der Waals surface area contributed by atoms with Crippen LogP contribution >= 0.6 is 23.4 Å². The van der Waals surface area contributed by atoms with Crippen LogP contribution in [0.15, 0.2) is 29.6 Å². The minimum atomic E-state index is -0.800. The van der Waals surface area contributed by atoms with Gasteiger partial charge in [-0.1, -0.05) is 35.5 Å². The van der Waals surface area contributed by atoms with Crippen molar-refractivity contribution in [1.29, 1.82) is 0 Å². The molecular formula is C15H13ClFN3OS. The van der Waals surface area contributed by atoms with E-state index >= 15 is 0 Å². The van der Waals surface area contributed by atoms with E-state index in [4.69, 9.17) is 11.6 Å². The SMILES string of the molecule is CSc1ncc2c(n1)C(C)(c1cccc(Cl)c1F)CNC2=O. The molecule has 2 heterocycles. The molecular weight excluding hydrogens is 325 g/mol. The van der Waals surface area contributed by atoms with E-state index in [1.165, 1.54) is 24.0 Å². The number of amides is 1. The molecule has 0 spiro atoms. The molecule has 0 saturated carbocycles. The summed E-state index contributed by atoms with van der Waals surface area (Å²) in [4.78, 5) is 20.6. The minimum absolute atomic E-state index is 0.0521. The molecule has 1 aliphatic rings. The Kier molecular flexibility index (Phi) is 3.82. The van der Waals surface area contributed by atoms with Crippen molar-refractivity contribution < 1.29 is 9.18 Å². The first-order valence-corrected chi connectivity index (χ1v) is 8.22. The summed E-state index contributed by atoms with van der Waals surface area (Å²) in [5.41, 5.74) is 0.501. The summed E-state index contributed by atoms with van der Waals surface area (Å²) in [5.74, 6) is -0.736. The molecule has 0 fully saturated rings. The predicted octanol–water partition coefficient (Wildman–Crippen LogP) is 3.04. The molecule has 114 valence electrons. The van der Waals surface area contributed by atoms with Crippen molar-refractivity contribution in [3.8, 4) is 0 Å². The Morgan fingerprint density at radius 3 is 2.95 bits per heavy atom. The van der Waals surface area contributed by atoms with Crippen LogP contribution in [0.4, 0.5) is 4.39 Å². The van der Waals surface area contributed by atoms with E-state index in [9.17, 15) is 9.18 Å². The lowest BCUT2D eigenvalue weighted by molar-refractivity contribution is 0.0929. The molecule has 1 N–H and O–H groups in total. The maximum Gasteiger partial charge on any atom is 0.254 e. The third-order valence-corrected chi connectivity index (χ3v) is 4.72.